The molecule has 2 heterocycles. The minimum atomic E-state index is -0.611. The molecule has 2 aliphatic carbocycles. The summed E-state index contributed by atoms with van der Waals surface area (Å²) in [5, 5.41) is 3.41. The van der Waals surface area contributed by atoms with Crippen molar-refractivity contribution in [1.82, 2.24) is 9.97 Å². The third kappa shape index (κ3) is 4.15. The van der Waals surface area contributed by atoms with Crippen LogP contribution in [0.5, 0.6) is 11.5 Å². The fourth-order valence-corrected chi connectivity index (χ4v) is 4.56. The lowest BCUT2D eigenvalue weighted by Crippen LogP contribution is -2.49. The molecule has 0 bridgehead atoms. The van der Waals surface area contributed by atoms with E-state index < -0.39 is 5.82 Å². The van der Waals surface area contributed by atoms with Crippen molar-refractivity contribution in [3.8, 4) is 11.5 Å². The van der Waals surface area contributed by atoms with Crippen molar-refractivity contribution >= 4 is 23.5 Å². The number of amides is 2. The lowest BCUT2D eigenvalue weighted by atomic mass is 9.92. The number of fused-ring (bicyclic) bond motifs is 1. The molecule has 0 unspecified atom stereocenters. The van der Waals surface area contributed by atoms with E-state index in [1.807, 2.05) is 0 Å². The molecule has 3 N–H and O–H groups in total. The SMILES string of the molecule is COc1cc(OC)c(F)c(N2Cc3cnc(NC4CCC(N)CC4)nc3N(C3CC3)C2=O)c1. The van der Waals surface area contributed by atoms with E-state index in [1.54, 1.807) is 11.1 Å². The topological polar surface area (TPSA) is 106 Å². The summed E-state index contributed by atoms with van der Waals surface area (Å²) in [6.07, 6.45) is 7.38. The zero-order chi connectivity index (χ0) is 23.1. The molecule has 1 aliphatic heterocycles. The van der Waals surface area contributed by atoms with Crippen molar-refractivity contribution in [2.75, 3.05) is 29.3 Å². The Morgan fingerprint density at radius 2 is 1.88 bits per heavy atom. The van der Waals surface area contributed by atoms with Crippen LogP contribution in [0.3, 0.4) is 0 Å². The van der Waals surface area contributed by atoms with Gasteiger partial charge in [-0.1, -0.05) is 0 Å². The molecule has 2 aromatic rings. The summed E-state index contributed by atoms with van der Waals surface area (Å²) in [6, 6.07) is 3.23. The molecule has 1 aromatic carbocycles. The number of carbonyl (C=O) groups excluding carboxylic acids is 1. The zero-order valence-corrected chi connectivity index (χ0v) is 18.9. The third-order valence-corrected chi connectivity index (χ3v) is 6.59. The highest BCUT2D eigenvalue weighted by molar-refractivity contribution is 6.06. The van der Waals surface area contributed by atoms with E-state index >= 15 is 4.39 Å². The number of urea groups is 1. The van der Waals surface area contributed by atoms with Crippen LogP contribution in [0.15, 0.2) is 18.3 Å². The normalized spacial score (nSPS) is 22.7. The smallest absolute Gasteiger partial charge is 0.330 e. The van der Waals surface area contributed by atoms with Crippen molar-refractivity contribution in [3.05, 3.63) is 29.7 Å². The number of benzene rings is 1. The van der Waals surface area contributed by atoms with Gasteiger partial charge in [0.2, 0.25) is 5.95 Å². The number of methoxy groups -OCH3 is 2. The van der Waals surface area contributed by atoms with Gasteiger partial charge in [0.15, 0.2) is 11.6 Å². The van der Waals surface area contributed by atoms with E-state index in [0.717, 1.165) is 44.1 Å². The Hall–Kier alpha value is -3.14. The number of anilines is 3. The predicted molar refractivity (Wildman–Crippen MR) is 122 cm³/mol. The monoisotopic (exact) mass is 456 g/mol. The molecule has 0 spiro atoms. The molecule has 1 aromatic heterocycles. The quantitative estimate of drug-likeness (QED) is 0.686. The van der Waals surface area contributed by atoms with Crippen LogP contribution in [0.4, 0.5) is 26.6 Å². The molecule has 2 fully saturated rings. The van der Waals surface area contributed by atoms with Crippen LogP contribution >= 0.6 is 0 Å². The standard InChI is InChI=1S/C23H29FN6O3/c1-32-17-9-18(20(24)19(10-17)33-2)29-12-13-11-26-22(27-15-5-3-14(25)4-6-15)28-21(13)30(23(29)31)16-7-8-16/h9-11,14-16H,3-8,12,25H2,1-2H3,(H,26,27,28). The Kier molecular flexibility index (Phi) is 5.69. The van der Waals surface area contributed by atoms with Crippen molar-refractivity contribution in [2.24, 2.45) is 5.73 Å². The van der Waals surface area contributed by atoms with Crippen LogP contribution in [0, 0.1) is 5.82 Å². The predicted octanol–water partition coefficient (Wildman–Crippen LogP) is 3.42. The fourth-order valence-electron chi connectivity index (χ4n) is 4.56. The Bertz CT molecular complexity index is 1050. The summed E-state index contributed by atoms with van der Waals surface area (Å²) >= 11 is 0. The molecule has 2 saturated carbocycles. The van der Waals surface area contributed by atoms with Crippen LogP contribution in [0.2, 0.25) is 0 Å². The summed E-state index contributed by atoms with van der Waals surface area (Å²) in [5.74, 6) is 0.918. The average Bonchev–Trinajstić information content (AvgIpc) is 3.66. The van der Waals surface area contributed by atoms with Gasteiger partial charge in [0.1, 0.15) is 11.6 Å². The van der Waals surface area contributed by atoms with E-state index in [1.165, 1.54) is 31.3 Å². The van der Waals surface area contributed by atoms with Crippen molar-refractivity contribution in [1.29, 1.82) is 0 Å². The average molecular weight is 457 g/mol. The van der Waals surface area contributed by atoms with Gasteiger partial charge in [-0.2, -0.15) is 4.98 Å². The minimum Gasteiger partial charge on any atom is -0.497 e. The Labute approximate surface area is 192 Å². The lowest BCUT2D eigenvalue weighted by Gasteiger charge is -2.36. The van der Waals surface area contributed by atoms with Gasteiger partial charge in [-0.3, -0.25) is 9.80 Å². The first kappa shape index (κ1) is 21.7. The first-order valence-electron chi connectivity index (χ1n) is 11.4. The second-order valence-corrected chi connectivity index (χ2v) is 8.93. The summed E-state index contributed by atoms with van der Waals surface area (Å²) in [7, 11) is 2.87. The molecular formula is C23H29FN6O3. The maximum atomic E-state index is 15.2. The van der Waals surface area contributed by atoms with Gasteiger partial charge in [-0.15, -0.1) is 0 Å². The fraction of sp³-hybridized carbons (Fsp3) is 0.522. The lowest BCUT2D eigenvalue weighted by molar-refractivity contribution is 0.249. The van der Waals surface area contributed by atoms with Crippen molar-refractivity contribution < 1.29 is 18.7 Å². The summed E-state index contributed by atoms with van der Waals surface area (Å²) in [4.78, 5) is 25.9. The molecule has 9 nitrogen and oxygen atoms in total. The molecule has 10 heteroatoms. The van der Waals surface area contributed by atoms with E-state index in [4.69, 9.17) is 20.2 Å². The largest absolute Gasteiger partial charge is 0.497 e. The molecule has 0 radical (unpaired) electrons. The van der Waals surface area contributed by atoms with E-state index in [0.29, 0.717) is 17.5 Å². The molecule has 3 aliphatic rings. The summed E-state index contributed by atoms with van der Waals surface area (Å²) < 4.78 is 25.6. The zero-order valence-electron chi connectivity index (χ0n) is 18.9. The first-order chi connectivity index (χ1) is 16.0. The van der Waals surface area contributed by atoms with Gasteiger partial charge in [-0.25, -0.2) is 14.2 Å². The van der Waals surface area contributed by atoms with Gasteiger partial charge in [0.25, 0.3) is 0 Å². The number of nitrogens with one attached hydrogen (secondary N) is 1. The highest BCUT2D eigenvalue weighted by atomic mass is 19.1. The van der Waals surface area contributed by atoms with Crippen molar-refractivity contribution in [3.63, 3.8) is 0 Å². The summed E-state index contributed by atoms with van der Waals surface area (Å²) in [5.41, 5.74) is 6.88. The van der Waals surface area contributed by atoms with Crippen LogP contribution in [0.25, 0.3) is 0 Å². The van der Waals surface area contributed by atoms with Crippen LogP contribution in [-0.2, 0) is 6.54 Å². The van der Waals surface area contributed by atoms with Crippen molar-refractivity contribution in [2.45, 2.75) is 63.2 Å². The number of aromatic nitrogens is 2. The second-order valence-electron chi connectivity index (χ2n) is 8.93. The van der Waals surface area contributed by atoms with Gasteiger partial charge in [-0.05, 0) is 38.5 Å². The van der Waals surface area contributed by atoms with Gasteiger partial charge < -0.3 is 20.5 Å². The third-order valence-electron chi connectivity index (χ3n) is 6.59. The van der Waals surface area contributed by atoms with Crippen LogP contribution < -0.4 is 30.3 Å². The summed E-state index contributed by atoms with van der Waals surface area (Å²) in [6.45, 7) is 0.156. The van der Waals surface area contributed by atoms with Gasteiger partial charge in [0.05, 0.1) is 26.5 Å². The molecular weight excluding hydrogens is 427 g/mol. The first-order valence-corrected chi connectivity index (χ1v) is 11.4. The number of carbonyl (C=O) groups is 1. The number of hydrogen-bond donors (Lipinski definition) is 2. The number of nitrogens with zero attached hydrogens (tertiary/aromatic N) is 4. The van der Waals surface area contributed by atoms with E-state index in [9.17, 15) is 4.79 Å². The molecule has 5 rings (SSSR count). The molecule has 0 atom stereocenters. The number of halogens is 1. The number of rotatable bonds is 6. The Morgan fingerprint density at radius 3 is 2.55 bits per heavy atom. The molecule has 33 heavy (non-hydrogen) atoms. The number of hydrogen-bond acceptors (Lipinski definition) is 7. The van der Waals surface area contributed by atoms with Gasteiger partial charge in [0, 0.05) is 42.0 Å². The molecule has 2 amide bonds. The maximum Gasteiger partial charge on any atom is 0.330 e. The second kappa shape index (κ2) is 8.66. The van der Waals surface area contributed by atoms with Gasteiger partial charge >= 0.3 is 6.03 Å². The Morgan fingerprint density at radius 1 is 1.12 bits per heavy atom. The highest BCUT2D eigenvalue weighted by Gasteiger charge is 2.43. The number of nitrogens with two attached hydrogens (primary N) is 1. The molecule has 176 valence electrons. The van der Waals surface area contributed by atoms with Crippen LogP contribution in [0.1, 0.15) is 44.1 Å². The highest BCUT2D eigenvalue weighted by Crippen LogP contribution is 2.41. The molecule has 0 saturated heterocycles. The Balaban J connectivity index is 1.47. The maximum absolute atomic E-state index is 15.2. The minimum absolute atomic E-state index is 0.0175. The van der Waals surface area contributed by atoms with E-state index in [2.05, 4.69) is 10.3 Å². The number of ether oxygens (including phenoxy) is 2. The van der Waals surface area contributed by atoms with E-state index in [-0.39, 0.29) is 42.1 Å². The van der Waals surface area contributed by atoms with Crippen LogP contribution in [-0.4, -0.2) is 48.3 Å².